The first-order valence-electron chi connectivity index (χ1n) is 6.05. The van der Waals surface area contributed by atoms with Gasteiger partial charge in [-0.2, -0.15) is 5.26 Å². The van der Waals surface area contributed by atoms with Gasteiger partial charge < -0.3 is 4.74 Å². The van der Waals surface area contributed by atoms with Crippen LogP contribution in [-0.2, 0) is 13.0 Å². The highest BCUT2D eigenvalue weighted by molar-refractivity contribution is 6.12. The average molecular weight is 249 g/mol. The Morgan fingerprint density at radius 1 is 1.16 bits per heavy atom. The van der Waals surface area contributed by atoms with Crippen LogP contribution in [0.2, 0.25) is 0 Å². The summed E-state index contributed by atoms with van der Waals surface area (Å²) in [6.45, 7) is 0.395. The number of benzene rings is 2. The molecule has 1 aliphatic heterocycles. The Labute approximate surface area is 111 Å². The van der Waals surface area contributed by atoms with Crippen molar-refractivity contribution in [1.82, 2.24) is 0 Å². The van der Waals surface area contributed by atoms with Gasteiger partial charge in [0.2, 0.25) is 0 Å². The van der Waals surface area contributed by atoms with Crippen molar-refractivity contribution in [2.75, 3.05) is 0 Å². The highest BCUT2D eigenvalue weighted by Crippen LogP contribution is 2.29. The topological polar surface area (TPSA) is 50.1 Å². The second-order valence-electron chi connectivity index (χ2n) is 4.44. The minimum Gasteiger partial charge on any atom is -0.488 e. The van der Waals surface area contributed by atoms with Crippen LogP contribution in [0.25, 0.3) is 0 Å². The van der Waals surface area contributed by atoms with E-state index in [1.165, 1.54) is 0 Å². The van der Waals surface area contributed by atoms with Gasteiger partial charge in [0.25, 0.3) is 0 Å². The van der Waals surface area contributed by atoms with E-state index in [1.54, 1.807) is 12.1 Å². The zero-order valence-electron chi connectivity index (χ0n) is 10.2. The summed E-state index contributed by atoms with van der Waals surface area (Å²) in [5.41, 5.74) is 2.94. The summed E-state index contributed by atoms with van der Waals surface area (Å²) in [6, 6.07) is 14.9. The van der Waals surface area contributed by atoms with Gasteiger partial charge >= 0.3 is 0 Å². The third-order valence-corrected chi connectivity index (χ3v) is 3.22. The van der Waals surface area contributed by atoms with E-state index in [-0.39, 0.29) is 5.78 Å². The van der Waals surface area contributed by atoms with Gasteiger partial charge in [0.1, 0.15) is 12.4 Å². The molecule has 0 saturated carbocycles. The Hall–Kier alpha value is -2.60. The summed E-state index contributed by atoms with van der Waals surface area (Å²) >= 11 is 0. The Kier molecular flexibility index (Phi) is 2.77. The lowest BCUT2D eigenvalue weighted by molar-refractivity contribution is 0.103. The number of nitriles is 1. The van der Waals surface area contributed by atoms with Crippen molar-refractivity contribution in [3.63, 3.8) is 0 Å². The van der Waals surface area contributed by atoms with Crippen LogP contribution < -0.4 is 4.74 Å². The number of rotatable bonds is 1. The molecule has 2 aromatic carbocycles. The number of ketones is 1. The van der Waals surface area contributed by atoms with Crippen LogP contribution in [0.5, 0.6) is 5.75 Å². The molecule has 0 amide bonds. The van der Waals surface area contributed by atoms with E-state index in [0.717, 1.165) is 11.1 Å². The molecular weight excluding hydrogens is 238 g/mol. The molecule has 0 bridgehead atoms. The highest BCUT2D eigenvalue weighted by atomic mass is 16.5. The lowest BCUT2D eigenvalue weighted by atomic mass is 9.97. The monoisotopic (exact) mass is 249 g/mol. The second-order valence-corrected chi connectivity index (χ2v) is 4.44. The molecule has 0 N–H and O–H groups in total. The number of hydrogen-bond acceptors (Lipinski definition) is 3. The number of ether oxygens (including phenoxy) is 1. The van der Waals surface area contributed by atoms with E-state index in [9.17, 15) is 4.79 Å². The summed E-state index contributed by atoms with van der Waals surface area (Å²) in [7, 11) is 0. The van der Waals surface area contributed by atoms with Crippen molar-refractivity contribution in [2.45, 2.75) is 13.0 Å². The lowest BCUT2D eigenvalue weighted by Gasteiger charge is -2.06. The van der Waals surface area contributed by atoms with Crippen LogP contribution in [0.1, 0.15) is 27.0 Å². The van der Waals surface area contributed by atoms with Crippen molar-refractivity contribution in [3.05, 3.63) is 64.7 Å². The summed E-state index contributed by atoms with van der Waals surface area (Å²) < 4.78 is 5.67. The molecule has 0 spiro atoms. The Balaban J connectivity index is 2.13. The highest BCUT2D eigenvalue weighted by Gasteiger charge is 2.21. The minimum absolute atomic E-state index is 0.0390. The van der Waals surface area contributed by atoms with Gasteiger partial charge in [0.15, 0.2) is 5.78 Å². The predicted octanol–water partition coefficient (Wildman–Crippen LogP) is 2.88. The van der Waals surface area contributed by atoms with Crippen LogP contribution in [0.4, 0.5) is 0 Å². The van der Waals surface area contributed by atoms with E-state index in [0.29, 0.717) is 29.9 Å². The first kappa shape index (κ1) is 11.5. The Bertz CT molecular complexity index is 698. The first-order chi connectivity index (χ1) is 9.29. The molecule has 0 atom stereocenters. The van der Waals surface area contributed by atoms with Crippen molar-refractivity contribution >= 4 is 5.78 Å². The van der Waals surface area contributed by atoms with Crippen LogP contribution >= 0.6 is 0 Å². The molecule has 0 saturated heterocycles. The number of carbonyl (C=O) groups excluding carboxylic acids is 1. The molecule has 19 heavy (non-hydrogen) atoms. The summed E-state index contributed by atoms with van der Waals surface area (Å²) in [6.07, 6.45) is 0.294. The lowest BCUT2D eigenvalue weighted by Crippen LogP contribution is -2.03. The fourth-order valence-corrected chi connectivity index (χ4v) is 2.25. The van der Waals surface area contributed by atoms with Gasteiger partial charge in [-0.1, -0.05) is 30.3 Å². The maximum Gasteiger partial charge on any atom is 0.197 e. The Morgan fingerprint density at radius 2 is 2.00 bits per heavy atom. The largest absolute Gasteiger partial charge is 0.488 e. The van der Waals surface area contributed by atoms with Gasteiger partial charge in [-0.3, -0.25) is 4.79 Å². The number of hydrogen-bond donors (Lipinski definition) is 0. The molecule has 1 heterocycles. The van der Waals surface area contributed by atoms with E-state index < -0.39 is 0 Å². The van der Waals surface area contributed by atoms with Crippen molar-refractivity contribution in [3.8, 4) is 11.8 Å². The van der Waals surface area contributed by atoms with Crippen molar-refractivity contribution in [2.24, 2.45) is 0 Å². The second kappa shape index (κ2) is 4.58. The third-order valence-electron chi connectivity index (χ3n) is 3.22. The molecule has 0 aliphatic carbocycles. The number of nitrogens with zero attached hydrogens (tertiary/aromatic N) is 1. The molecule has 0 radical (unpaired) electrons. The van der Waals surface area contributed by atoms with Gasteiger partial charge in [0.05, 0.1) is 18.1 Å². The van der Waals surface area contributed by atoms with Crippen LogP contribution in [-0.4, -0.2) is 5.78 Å². The molecule has 0 aromatic heterocycles. The molecule has 0 fully saturated rings. The first-order valence-corrected chi connectivity index (χ1v) is 6.05. The average Bonchev–Trinajstić information content (AvgIpc) is 2.58. The molecule has 3 rings (SSSR count). The smallest absolute Gasteiger partial charge is 0.197 e. The van der Waals surface area contributed by atoms with E-state index >= 15 is 0 Å². The Morgan fingerprint density at radius 3 is 2.84 bits per heavy atom. The summed E-state index contributed by atoms with van der Waals surface area (Å²) in [5.74, 6) is 0.547. The molecule has 1 aliphatic rings. The van der Waals surface area contributed by atoms with Gasteiger partial charge in [0, 0.05) is 11.1 Å². The van der Waals surface area contributed by atoms with Crippen LogP contribution in [0, 0.1) is 11.3 Å². The maximum atomic E-state index is 12.5. The summed E-state index contributed by atoms with van der Waals surface area (Å²) in [4.78, 5) is 12.5. The fourth-order valence-electron chi connectivity index (χ4n) is 2.25. The standard InChI is InChI=1S/C16H11NO2/c17-8-7-11-5-6-15-14(9-11)16(18)13-4-2-1-3-12(13)10-19-15/h1-6,9H,7,10H2. The van der Waals surface area contributed by atoms with Gasteiger partial charge in [-0.05, 0) is 17.7 Å². The molecule has 92 valence electrons. The number of fused-ring (bicyclic) bond motifs is 2. The normalized spacial score (nSPS) is 12.7. The van der Waals surface area contributed by atoms with Crippen molar-refractivity contribution in [1.29, 1.82) is 5.26 Å². The zero-order valence-corrected chi connectivity index (χ0v) is 10.2. The van der Waals surface area contributed by atoms with Crippen LogP contribution in [0.15, 0.2) is 42.5 Å². The molecule has 3 nitrogen and oxygen atoms in total. The van der Waals surface area contributed by atoms with E-state index in [2.05, 4.69) is 6.07 Å². The van der Waals surface area contributed by atoms with Gasteiger partial charge in [-0.15, -0.1) is 0 Å². The minimum atomic E-state index is -0.0390. The van der Waals surface area contributed by atoms with Crippen LogP contribution in [0.3, 0.4) is 0 Å². The summed E-state index contributed by atoms with van der Waals surface area (Å²) in [5, 5.41) is 8.74. The van der Waals surface area contributed by atoms with Crippen molar-refractivity contribution < 1.29 is 9.53 Å². The quantitative estimate of drug-likeness (QED) is 0.780. The fraction of sp³-hybridized carbons (Fsp3) is 0.125. The predicted molar refractivity (Wildman–Crippen MR) is 70.0 cm³/mol. The number of carbonyl (C=O) groups is 1. The molecule has 2 aromatic rings. The molecule has 0 unspecified atom stereocenters. The SMILES string of the molecule is N#CCc1ccc2c(c1)C(=O)c1ccccc1CO2. The van der Waals surface area contributed by atoms with E-state index in [1.807, 2.05) is 30.3 Å². The maximum absolute atomic E-state index is 12.5. The van der Waals surface area contributed by atoms with E-state index in [4.69, 9.17) is 10.00 Å². The molecule has 3 heteroatoms. The molecular formula is C16H11NO2. The third kappa shape index (κ3) is 1.98. The van der Waals surface area contributed by atoms with Gasteiger partial charge in [-0.25, -0.2) is 0 Å². The zero-order chi connectivity index (χ0) is 13.2.